The number of hydrogen-bond donors (Lipinski definition) is 1. The van der Waals surface area contributed by atoms with Crippen LogP contribution in [0.2, 0.25) is 0 Å². The summed E-state index contributed by atoms with van der Waals surface area (Å²) in [4.78, 5) is -0.00308. The second-order valence-electron chi connectivity index (χ2n) is 3.76. The van der Waals surface area contributed by atoms with Crippen molar-refractivity contribution < 1.29 is 12.8 Å². The zero-order valence-electron chi connectivity index (χ0n) is 9.97. The van der Waals surface area contributed by atoms with E-state index in [1.165, 1.54) is 29.2 Å². The molecule has 8 heteroatoms. The Morgan fingerprint density at radius 1 is 1.47 bits per heavy atom. The summed E-state index contributed by atoms with van der Waals surface area (Å²) in [7, 11) is -3.83. The van der Waals surface area contributed by atoms with Crippen LogP contribution in [0.1, 0.15) is 6.92 Å². The van der Waals surface area contributed by atoms with E-state index >= 15 is 0 Å². The molecule has 1 heterocycles. The fourth-order valence-corrected chi connectivity index (χ4v) is 2.78. The zero-order valence-corrected chi connectivity index (χ0v) is 12.4. The molecule has 102 valence electrons. The molecule has 19 heavy (non-hydrogen) atoms. The van der Waals surface area contributed by atoms with Crippen molar-refractivity contribution in [3.63, 3.8) is 0 Å². The van der Waals surface area contributed by atoms with Gasteiger partial charge in [-0.3, -0.25) is 9.40 Å². The van der Waals surface area contributed by atoms with E-state index in [1.54, 1.807) is 6.07 Å². The molecular weight excluding hydrogens is 337 g/mol. The minimum atomic E-state index is -3.83. The fraction of sp³-hybridized carbons (Fsp3) is 0.182. The highest BCUT2D eigenvalue weighted by atomic mass is 79.9. The van der Waals surface area contributed by atoms with E-state index in [1.807, 2.05) is 6.92 Å². The molecule has 1 N–H and O–H groups in total. The summed E-state index contributed by atoms with van der Waals surface area (Å²) >= 11 is 3.10. The van der Waals surface area contributed by atoms with E-state index in [4.69, 9.17) is 0 Å². The molecule has 0 fully saturated rings. The van der Waals surface area contributed by atoms with Gasteiger partial charge in [0.25, 0.3) is 10.0 Å². The van der Waals surface area contributed by atoms with Crippen LogP contribution in [0.3, 0.4) is 0 Å². The molecule has 0 aliphatic rings. The zero-order chi connectivity index (χ0) is 14.0. The Morgan fingerprint density at radius 3 is 2.79 bits per heavy atom. The van der Waals surface area contributed by atoms with Crippen molar-refractivity contribution in [2.24, 2.45) is 0 Å². The predicted octanol–water partition coefficient (Wildman–Crippen LogP) is 2.61. The molecule has 0 unspecified atom stereocenters. The highest BCUT2D eigenvalue weighted by Gasteiger charge is 2.18. The molecule has 2 rings (SSSR count). The van der Waals surface area contributed by atoms with Crippen molar-refractivity contribution in [2.75, 3.05) is 4.72 Å². The normalized spacial score (nSPS) is 11.5. The molecule has 1 aromatic heterocycles. The number of aryl methyl sites for hydroxylation is 1. The summed E-state index contributed by atoms with van der Waals surface area (Å²) in [5.74, 6) is -0.652. The van der Waals surface area contributed by atoms with Gasteiger partial charge in [0.15, 0.2) is 0 Å². The van der Waals surface area contributed by atoms with Gasteiger partial charge in [-0.05, 0) is 25.1 Å². The van der Waals surface area contributed by atoms with Gasteiger partial charge in [-0.15, -0.1) is 0 Å². The van der Waals surface area contributed by atoms with Crippen molar-refractivity contribution >= 4 is 31.6 Å². The second kappa shape index (κ2) is 5.30. The van der Waals surface area contributed by atoms with Crippen molar-refractivity contribution in [1.82, 2.24) is 9.78 Å². The molecule has 0 atom stereocenters. The Kier molecular flexibility index (Phi) is 3.91. The number of sulfonamides is 1. The van der Waals surface area contributed by atoms with E-state index in [9.17, 15) is 12.8 Å². The van der Waals surface area contributed by atoms with E-state index < -0.39 is 15.8 Å². The second-order valence-corrected chi connectivity index (χ2v) is 6.36. The average molecular weight is 348 g/mol. The van der Waals surface area contributed by atoms with Gasteiger partial charge in [0, 0.05) is 17.2 Å². The molecule has 0 spiro atoms. The Labute approximate surface area is 118 Å². The number of benzene rings is 1. The van der Waals surface area contributed by atoms with Crippen LogP contribution in [0.15, 0.2) is 40.0 Å². The van der Waals surface area contributed by atoms with Gasteiger partial charge >= 0.3 is 0 Å². The van der Waals surface area contributed by atoms with Crippen molar-refractivity contribution in [3.05, 3.63) is 40.9 Å². The van der Waals surface area contributed by atoms with Crippen LogP contribution < -0.4 is 4.72 Å². The molecule has 5 nitrogen and oxygen atoms in total. The van der Waals surface area contributed by atoms with E-state index in [-0.39, 0.29) is 10.6 Å². The molecule has 0 aliphatic heterocycles. The quantitative estimate of drug-likeness (QED) is 0.924. The number of anilines is 1. The van der Waals surface area contributed by atoms with Crippen LogP contribution in [-0.4, -0.2) is 18.2 Å². The smallest absolute Gasteiger partial charge is 0.265 e. The third-order valence-corrected chi connectivity index (χ3v) is 4.23. The summed E-state index contributed by atoms with van der Waals surface area (Å²) in [5, 5.41) is 3.88. The predicted molar refractivity (Wildman–Crippen MR) is 72.8 cm³/mol. The lowest BCUT2D eigenvalue weighted by Gasteiger charge is -2.07. The first-order chi connectivity index (χ1) is 8.92. The standard InChI is InChI=1S/C11H11BrFN3O2S/c1-2-16-7-9(6-14-16)19(17,18)15-11-4-3-8(12)5-10(11)13/h3-7,15H,2H2,1H3. The Bertz CT molecular complexity index is 700. The van der Waals surface area contributed by atoms with Gasteiger partial charge in [0.2, 0.25) is 0 Å². The molecule has 0 saturated heterocycles. The van der Waals surface area contributed by atoms with Crippen LogP contribution in [0.5, 0.6) is 0 Å². The van der Waals surface area contributed by atoms with Crippen LogP contribution in [-0.2, 0) is 16.6 Å². The summed E-state index contributed by atoms with van der Waals surface area (Å²) in [6.45, 7) is 2.40. The number of halogens is 2. The first-order valence-corrected chi connectivity index (χ1v) is 7.70. The van der Waals surface area contributed by atoms with Gasteiger partial charge < -0.3 is 0 Å². The van der Waals surface area contributed by atoms with Gasteiger partial charge in [0.1, 0.15) is 10.7 Å². The minimum Gasteiger partial charge on any atom is -0.277 e. The largest absolute Gasteiger partial charge is 0.277 e. The van der Waals surface area contributed by atoms with Crippen molar-refractivity contribution in [3.8, 4) is 0 Å². The third kappa shape index (κ3) is 3.13. The molecule has 0 radical (unpaired) electrons. The van der Waals surface area contributed by atoms with E-state index in [0.717, 1.165) is 0 Å². The lowest BCUT2D eigenvalue weighted by Crippen LogP contribution is -2.13. The summed E-state index contributed by atoms with van der Waals surface area (Å²) in [5.41, 5.74) is -0.104. The average Bonchev–Trinajstić information content (AvgIpc) is 2.82. The fourth-order valence-electron chi connectivity index (χ4n) is 1.43. The monoisotopic (exact) mass is 347 g/mol. The van der Waals surface area contributed by atoms with E-state index in [2.05, 4.69) is 25.8 Å². The maximum atomic E-state index is 13.6. The van der Waals surface area contributed by atoms with Crippen molar-refractivity contribution in [1.29, 1.82) is 0 Å². The Balaban J connectivity index is 2.30. The van der Waals surface area contributed by atoms with Crippen molar-refractivity contribution in [2.45, 2.75) is 18.4 Å². The van der Waals surface area contributed by atoms with Gasteiger partial charge in [0.05, 0.1) is 11.9 Å². The van der Waals surface area contributed by atoms with Crippen LogP contribution in [0, 0.1) is 5.82 Å². The first-order valence-electron chi connectivity index (χ1n) is 5.42. The number of aromatic nitrogens is 2. The maximum Gasteiger partial charge on any atom is 0.265 e. The number of nitrogens with zero attached hydrogens (tertiary/aromatic N) is 2. The Hall–Kier alpha value is -1.41. The molecule has 0 bridgehead atoms. The molecule has 0 aliphatic carbocycles. The molecule has 0 amide bonds. The van der Waals surface area contributed by atoms with Crippen LogP contribution in [0.25, 0.3) is 0 Å². The van der Waals surface area contributed by atoms with Gasteiger partial charge in [-0.25, -0.2) is 12.8 Å². The Morgan fingerprint density at radius 2 is 2.21 bits per heavy atom. The number of hydrogen-bond acceptors (Lipinski definition) is 3. The third-order valence-electron chi connectivity index (χ3n) is 2.42. The summed E-state index contributed by atoms with van der Waals surface area (Å²) in [6, 6.07) is 4.09. The van der Waals surface area contributed by atoms with Crippen LogP contribution in [0.4, 0.5) is 10.1 Å². The lowest BCUT2D eigenvalue weighted by atomic mass is 10.3. The molecular formula is C11H11BrFN3O2S. The number of rotatable bonds is 4. The minimum absolute atomic E-state index is 0.00308. The van der Waals surface area contributed by atoms with Gasteiger partial charge in [-0.1, -0.05) is 15.9 Å². The summed E-state index contributed by atoms with van der Waals surface area (Å²) < 4.78 is 41.8. The molecule has 1 aromatic carbocycles. The molecule has 2 aromatic rings. The topological polar surface area (TPSA) is 64.0 Å². The highest BCUT2D eigenvalue weighted by molar-refractivity contribution is 9.10. The maximum absolute atomic E-state index is 13.6. The SMILES string of the molecule is CCn1cc(S(=O)(=O)Nc2ccc(Br)cc2F)cn1. The van der Waals surface area contributed by atoms with E-state index in [0.29, 0.717) is 11.0 Å². The number of nitrogens with one attached hydrogen (secondary N) is 1. The molecule has 0 saturated carbocycles. The lowest BCUT2D eigenvalue weighted by molar-refractivity contribution is 0.598. The van der Waals surface area contributed by atoms with Crippen LogP contribution >= 0.6 is 15.9 Å². The highest BCUT2D eigenvalue weighted by Crippen LogP contribution is 2.22. The first kappa shape index (κ1) is 14.0. The van der Waals surface area contributed by atoms with Gasteiger partial charge in [-0.2, -0.15) is 5.10 Å². The summed E-state index contributed by atoms with van der Waals surface area (Å²) in [6.07, 6.45) is 2.61.